The van der Waals surface area contributed by atoms with Crippen molar-refractivity contribution in [3.05, 3.63) is 39.7 Å². The first-order valence-electron chi connectivity index (χ1n) is 6.26. The van der Waals surface area contributed by atoms with Crippen LogP contribution in [0.15, 0.2) is 18.2 Å². The maximum atomic E-state index is 13.4. The molecule has 11 heteroatoms. The van der Waals surface area contributed by atoms with Gasteiger partial charge in [-0.2, -0.15) is 13.2 Å². The summed E-state index contributed by atoms with van der Waals surface area (Å²) in [4.78, 5) is 11.1. The number of nitro groups is 1. The Morgan fingerprint density at radius 3 is 2.26 bits per heavy atom. The van der Waals surface area contributed by atoms with Crippen LogP contribution in [0, 0.1) is 15.9 Å². The lowest BCUT2D eigenvalue weighted by Gasteiger charge is -2.35. The third kappa shape index (κ3) is 5.17. The van der Waals surface area contributed by atoms with Gasteiger partial charge in [-0.3, -0.25) is 15.0 Å². The molecule has 1 aliphatic heterocycles. The van der Waals surface area contributed by atoms with E-state index in [0.717, 1.165) is 17.0 Å². The van der Waals surface area contributed by atoms with Gasteiger partial charge in [0.05, 0.1) is 16.6 Å². The molecule has 0 aliphatic carbocycles. The molecule has 0 radical (unpaired) electrons. The van der Waals surface area contributed by atoms with E-state index in [1.165, 1.54) is 0 Å². The van der Waals surface area contributed by atoms with Crippen molar-refractivity contribution in [1.82, 2.24) is 10.2 Å². The second-order valence-electron chi connectivity index (χ2n) is 4.69. The molecule has 1 N–H and O–H groups in total. The molecular formula is C12H15Cl2F4N3O2. The first-order valence-corrected chi connectivity index (χ1v) is 6.26. The van der Waals surface area contributed by atoms with Gasteiger partial charge in [0.25, 0.3) is 5.69 Å². The molecule has 1 aliphatic rings. The van der Waals surface area contributed by atoms with Gasteiger partial charge >= 0.3 is 6.18 Å². The lowest BCUT2D eigenvalue weighted by molar-refractivity contribution is -0.386. The molecule has 0 aromatic heterocycles. The molecule has 0 amide bonds. The maximum Gasteiger partial charge on any atom is 0.408 e. The number of hydrogen-bond donors (Lipinski definition) is 1. The SMILES string of the molecule is Cl.Cl.O=[N+]([O-])c1cc(F)ccc1[C@@H](N1CCNCC1)C(F)(F)F. The average Bonchev–Trinajstić information content (AvgIpc) is 2.40. The van der Waals surface area contributed by atoms with Crippen LogP contribution in [0.25, 0.3) is 0 Å². The first kappa shape index (κ1) is 21.8. The first-order chi connectivity index (χ1) is 9.80. The predicted molar refractivity (Wildman–Crippen MR) is 80.8 cm³/mol. The zero-order valence-corrected chi connectivity index (χ0v) is 13.3. The van der Waals surface area contributed by atoms with E-state index in [2.05, 4.69) is 5.32 Å². The predicted octanol–water partition coefficient (Wildman–Crippen LogP) is 3.09. The highest BCUT2D eigenvalue weighted by Crippen LogP contribution is 2.41. The minimum absolute atomic E-state index is 0. The fraction of sp³-hybridized carbons (Fsp3) is 0.500. The molecule has 1 aromatic carbocycles. The summed E-state index contributed by atoms with van der Waals surface area (Å²) in [7, 11) is 0. The van der Waals surface area contributed by atoms with Crippen LogP contribution < -0.4 is 5.32 Å². The Morgan fingerprint density at radius 1 is 1.22 bits per heavy atom. The van der Waals surface area contributed by atoms with Crippen LogP contribution in [-0.2, 0) is 0 Å². The second-order valence-corrected chi connectivity index (χ2v) is 4.69. The van der Waals surface area contributed by atoms with Crippen molar-refractivity contribution in [2.75, 3.05) is 26.2 Å². The number of nitrogens with one attached hydrogen (secondary N) is 1. The van der Waals surface area contributed by atoms with E-state index in [4.69, 9.17) is 0 Å². The van der Waals surface area contributed by atoms with Gasteiger partial charge in [-0.25, -0.2) is 4.39 Å². The van der Waals surface area contributed by atoms with Crippen molar-refractivity contribution in [2.45, 2.75) is 12.2 Å². The lowest BCUT2D eigenvalue weighted by Crippen LogP contribution is -2.49. The minimum atomic E-state index is -4.68. The summed E-state index contributed by atoms with van der Waals surface area (Å²) < 4.78 is 53.2. The quantitative estimate of drug-likeness (QED) is 0.498. The number of rotatable bonds is 3. The van der Waals surface area contributed by atoms with Crippen LogP contribution >= 0.6 is 24.8 Å². The molecule has 132 valence electrons. The molecule has 1 heterocycles. The highest BCUT2D eigenvalue weighted by atomic mass is 35.5. The van der Waals surface area contributed by atoms with E-state index >= 15 is 0 Å². The molecule has 2 rings (SSSR count). The summed E-state index contributed by atoms with van der Waals surface area (Å²) in [6, 6.07) is 0.0633. The van der Waals surface area contributed by atoms with Gasteiger partial charge in [0, 0.05) is 26.2 Å². The van der Waals surface area contributed by atoms with Gasteiger partial charge in [0.15, 0.2) is 0 Å². The van der Waals surface area contributed by atoms with Crippen LogP contribution in [0.5, 0.6) is 0 Å². The molecule has 23 heavy (non-hydrogen) atoms. The van der Waals surface area contributed by atoms with Gasteiger partial charge < -0.3 is 5.32 Å². The van der Waals surface area contributed by atoms with Gasteiger partial charge in [0.2, 0.25) is 0 Å². The molecule has 0 unspecified atom stereocenters. The third-order valence-electron chi connectivity index (χ3n) is 3.31. The average molecular weight is 380 g/mol. The number of alkyl halides is 3. The number of nitro benzene ring substituents is 1. The van der Waals surface area contributed by atoms with Gasteiger partial charge in [-0.05, 0) is 12.1 Å². The zero-order valence-electron chi connectivity index (χ0n) is 11.7. The van der Waals surface area contributed by atoms with Crippen molar-refractivity contribution in [2.24, 2.45) is 0 Å². The molecule has 1 aromatic rings. The third-order valence-corrected chi connectivity index (χ3v) is 3.31. The van der Waals surface area contributed by atoms with E-state index in [1.807, 2.05) is 0 Å². The van der Waals surface area contributed by atoms with Crippen LogP contribution in [0.3, 0.4) is 0 Å². The largest absolute Gasteiger partial charge is 0.408 e. The number of benzene rings is 1. The second kappa shape index (κ2) is 8.62. The van der Waals surface area contributed by atoms with Crippen LogP contribution in [0.4, 0.5) is 23.2 Å². The van der Waals surface area contributed by atoms with Crippen LogP contribution in [-0.4, -0.2) is 42.2 Å². The van der Waals surface area contributed by atoms with Crippen molar-refractivity contribution in [3.63, 3.8) is 0 Å². The number of piperazine rings is 1. The van der Waals surface area contributed by atoms with Gasteiger partial charge in [0.1, 0.15) is 11.9 Å². The van der Waals surface area contributed by atoms with Gasteiger partial charge in [-0.1, -0.05) is 0 Å². The van der Waals surface area contributed by atoms with Gasteiger partial charge in [-0.15, -0.1) is 24.8 Å². The molecule has 5 nitrogen and oxygen atoms in total. The number of halogens is 6. The molecule has 1 saturated heterocycles. The lowest BCUT2D eigenvalue weighted by atomic mass is 10.0. The summed E-state index contributed by atoms with van der Waals surface area (Å²) in [6.07, 6.45) is -4.68. The number of nitrogens with zero attached hydrogens (tertiary/aromatic N) is 2. The van der Waals surface area contributed by atoms with E-state index in [-0.39, 0.29) is 37.9 Å². The topological polar surface area (TPSA) is 58.4 Å². The Morgan fingerprint density at radius 2 is 1.78 bits per heavy atom. The molecular weight excluding hydrogens is 365 g/mol. The van der Waals surface area contributed by atoms with Crippen LogP contribution in [0.2, 0.25) is 0 Å². The Kier molecular flexibility index (Phi) is 8.19. The van der Waals surface area contributed by atoms with Crippen molar-refractivity contribution >= 4 is 30.5 Å². The smallest absolute Gasteiger partial charge is 0.314 e. The van der Waals surface area contributed by atoms with Crippen LogP contribution in [0.1, 0.15) is 11.6 Å². The van der Waals surface area contributed by atoms with Crippen molar-refractivity contribution < 1.29 is 22.5 Å². The Hall–Kier alpha value is -1.16. The maximum absolute atomic E-state index is 13.4. The van der Waals surface area contributed by atoms with Crippen molar-refractivity contribution in [1.29, 1.82) is 0 Å². The van der Waals surface area contributed by atoms with E-state index in [1.54, 1.807) is 0 Å². The summed E-state index contributed by atoms with van der Waals surface area (Å²) >= 11 is 0. The Bertz CT molecular complexity index is 540. The Balaban J connectivity index is 0.00000242. The Labute approximate surface area is 142 Å². The summed E-state index contributed by atoms with van der Waals surface area (Å²) in [5.74, 6) is -0.938. The molecule has 0 spiro atoms. The molecule has 0 saturated carbocycles. The molecule has 0 bridgehead atoms. The normalized spacial score (nSPS) is 16.9. The van der Waals surface area contributed by atoms with E-state index in [9.17, 15) is 27.7 Å². The van der Waals surface area contributed by atoms with E-state index < -0.39 is 34.2 Å². The zero-order chi connectivity index (χ0) is 15.6. The summed E-state index contributed by atoms with van der Waals surface area (Å²) in [5.41, 5.74) is -1.38. The highest BCUT2D eigenvalue weighted by Gasteiger charge is 2.47. The minimum Gasteiger partial charge on any atom is -0.314 e. The summed E-state index contributed by atoms with van der Waals surface area (Å²) in [5, 5.41) is 13.8. The highest BCUT2D eigenvalue weighted by molar-refractivity contribution is 5.85. The fourth-order valence-electron chi connectivity index (χ4n) is 2.43. The summed E-state index contributed by atoms with van der Waals surface area (Å²) in [6.45, 7) is 0.945. The van der Waals surface area contributed by atoms with Crippen molar-refractivity contribution in [3.8, 4) is 0 Å². The molecule has 1 fully saturated rings. The fourth-order valence-corrected chi connectivity index (χ4v) is 2.43. The standard InChI is InChI=1S/C12H13F4N3O2.2ClH/c13-8-1-2-9(10(7-8)19(20)21)11(12(14,15)16)18-5-3-17-4-6-18;;/h1-2,7,11,17H,3-6H2;2*1H/t11-;;/m1../s1. The monoisotopic (exact) mass is 379 g/mol. The number of hydrogen-bond acceptors (Lipinski definition) is 4. The molecule has 1 atom stereocenters. The van der Waals surface area contributed by atoms with E-state index in [0.29, 0.717) is 19.2 Å².